The van der Waals surface area contributed by atoms with Gasteiger partial charge in [-0.1, -0.05) is 23.7 Å². The van der Waals surface area contributed by atoms with E-state index < -0.39 is 5.97 Å². The summed E-state index contributed by atoms with van der Waals surface area (Å²) >= 11 is 5.97. The number of halogens is 2. The lowest BCUT2D eigenvalue weighted by molar-refractivity contribution is -0.137. The molecule has 1 unspecified atom stereocenters. The lowest BCUT2D eigenvalue weighted by Crippen LogP contribution is -2.35. The van der Waals surface area contributed by atoms with Crippen molar-refractivity contribution in [1.29, 1.82) is 0 Å². The summed E-state index contributed by atoms with van der Waals surface area (Å²) in [6.45, 7) is 2.44. The van der Waals surface area contributed by atoms with Crippen molar-refractivity contribution in [3.05, 3.63) is 34.6 Å². The maximum atomic E-state index is 13.4. The summed E-state index contributed by atoms with van der Waals surface area (Å²) in [7, 11) is 0. The zero-order valence-corrected chi connectivity index (χ0v) is 12.1. The molecule has 0 amide bonds. The van der Waals surface area contributed by atoms with Crippen LogP contribution in [-0.2, 0) is 11.3 Å². The molecule has 1 heterocycles. The summed E-state index contributed by atoms with van der Waals surface area (Å²) in [6.07, 6.45) is 3.06. The molecule has 1 aliphatic rings. The smallest absolute Gasteiger partial charge is 0.303 e. The Hall–Kier alpha value is -1.13. The summed E-state index contributed by atoms with van der Waals surface area (Å²) in [4.78, 5) is 12.9. The van der Waals surface area contributed by atoms with Crippen molar-refractivity contribution < 1.29 is 14.3 Å². The standard InChI is InChI=1S/C15H19ClFNO2/c16-15-12(4-1-5-13(15)17)10-18-8-2-3-11(9-18)6-7-14(19)20/h1,4-5,11H,2-3,6-10H2,(H,19,20). The Balaban J connectivity index is 1.92. The molecule has 0 aromatic heterocycles. The van der Waals surface area contributed by atoms with Crippen molar-refractivity contribution in [3.8, 4) is 0 Å². The highest BCUT2D eigenvalue weighted by molar-refractivity contribution is 6.31. The quantitative estimate of drug-likeness (QED) is 0.904. The van der Waals surface area contributed by atoms with Crippen LogP contribution in [0, 0.1) is 11.7 Å². The Morgan fingerprint density at radius 2 is 2.30 bits per heavy atom. The average molecular weight is 300 g/mol. The van der Waals surface area contributed by atoms with Crippen molar-refractivity contribution >= 4 is 17.6 Å². The van der Waals surface area contributed by atoms with Crippen LogP contribution >= 0.6 is 11.6 Å². The van der Waals surface area contributed by atoms with Crippen LogP contribution in [0.3, 0.4) is 0 Å². The van der Waals surface area contributed by atoms with Gasteiger partial charge in [-0.05, 0) is 43.4 Å². The Morgan fingerprint density at radius 3 is 3.05 bits per heavy atom. The molecule has 1 N–H and O–H groups in total. The van der Waals surface area contributed by atoms with Crippen molar-refractivity contribution in [2.75, 3.05) is 13.1 Å². The summed E-state index contributed by atoms with van der Waals surface area (Å²) in [5.74, 6) is -0.717. The van der Waals surface area contributed by atoms with Crippen molar-refractivity contribution in [3.63, 3.8) is 0 Å². The third-order valence-electron chi connectivity index (χ3n) is 3.80. The molecule has 0 spiro atoms. The first kappa shape index (κ1) is 15.3. The molecule has 1 saturated heterocycles. The van der Waals surface area contributed by atoms with Gasteiger partial charge in [-0.2, -0.15) is 0 Å². The van der Waals surface area contributed by atoms with E-state index in [0.717, 1.165) is 31.5 Å². The first-order valence-electron chi connectivity index (χ1n) is 6.93. The summed E-state index contributed by atoms with van der Waals surface area (Å²) in [5, 5.41) is 8.93. The van der Waals surface area contributed by atoms with Gasteiger partial charge < -0.3 is 5.11 Å². The SMILES string of the molecule is O=C(O)CCC1CCCN(Cc2cccc(F)c2Cl)C1. The molecule has 1 fully saturated rings. The van der Waals surface area contributed by atoms with Crippen molar-refractivity contribution in [1.82, 2.24) is 4.90 Å². The van der Waals surface area contributed by atoms with E-state index in [1.165, 1.54) is 6.07 Å². The fourth-order valence-corrected chi connectivity index (χ4v) is 2.96. The number of benzene rings is 1. The first-order chi connectivity index (χ1) is 9.56. The van der Waals surface area contributed by atoms with E-state index >= 15 is 0 Å². The number of piperidine rings is 1. The molecule has 1 atom stereocenters. The van der Waals surface area contributed by atoms with Crippen molar-refractivity contribution in [2.45, 2.75) is 32.2 Å². The topological polar surface area (TPSA) is 40.5 Å². The molecule has 2 rings (SSSR count). The van der Waals surface area contributed by atoms with Gasteiger partial charge >= 0.3 is 5.97 Å². The highest BCUT2D eigenvalue weighted by Crippen LogP contribution is 2.25. The fraction of sp³-hybridized carbons (Fsp3) is 0.533. The molecule has 1 aromatic rings. The number of nitrogens with zero attached hydrogens (tertiary/aromatic N) is 1. The molecule has 1 aliphatic heterocycles. The Kier molecular flexibility index (Phi) is 5.38. The number of carbonyl (C=O) groups is 1. The minimum Gasteiger partial charge on any atom is -0.481 e. The normalized spacial score (nSPS) is 20.0. The van der Waals surface area contributed by atoms with Crippen LogP contribution in [0.25, 0.3) is 0 Å². The Labute approximate surface area is 123 Å². The number of rotatable bonds is 5. The maximum Gasteiger partial charge on any atom is 0.303 e. The molecular weight excluding hydrogens is 281 g/mol. The predicted molar refractivity (Wildman–Crippen MR) is 76.3 cm³/mol. The fourth-order valence-electron chi connectivity index (χ4n) is 2.77. The van der Waals surface area contributed by atoms with E-state index in [0.29, 0.717) is 18.9 Å². The molecule has 3 nitrogen and oxygen atoms in total. The third kappa shape index (κ3) is 4.18. The Bertz CT molecular complexity index is 481. The summed E-state index contributed by atoms with van der Waals surface area (Å²) in [5.41, 5.74) is 0.797. The van der Waals surface area contributed by atoms with E-state index in [1.807, 2.05) is 6.07 Å². The minimum absolute atomic E-state index is 0.195. The number of aliphatic carboxylic acids is 1. The van der Waals surface area contributed by atoms with Gasteiger partial charge in [0.25, 0.3) is 0 Å². The van der Waals surface area contributed by atoms with Crippen molar-refractivity contribution in [2.24, 2.45) is 5.92 Å². The van der Waals surface area contributed by atoms with E-state index in [1.54, 1.807) is 6.07 Å². The highest BCUT2D eigenvalue weighted by Gasteiger charge is 2.21. The Morgan fingerprint density at radius 1 is 1.50 bits per heavy atom. The van der Waals surface area contributed by atoms with E-state index in [-0.39, 0.29) is 17.3 Å². The number of likely N-dealkylation sites (tertiary alicyclic amines) is 1. The monoisotopic (exact) mass is 299 g/mol. The minimum atomic E-state index is -0.740. The van der Waals surface area contributed by atoms with Crippen LogP contribution in [0.5, 0.6) is 0 Å². The second-order valence-electron chi connectivity index (χ2n) is 5.39. The molecular formula is C15H19ClFNO2. The number of carboxylic acids is 1. The van der Waals surface area contributed by atoms with Gasteiger partial charge in [-0.25, -0.2) is 4.39 Å². The van der Waals surface area contributed by atoms with Crippen LogP contribution < -0.4 is 0 Å². The second-order valence-corrected chi connectivity index (χ2v) is 5.77. The van der Waals surface area contributed by atoms with E-state index in [2.05, 4.69) is 4.90 Å². The molecule has 0 aliphatic carbocycles. The van der Waals surface area contributed by atoms with Gasteiger partial charge in [0, 0.05) is 19.5 Å². The van der Waals surface area contributed by atoms with Gasteiger partial charge in [-0.3, -0.25) is 9.69 Å². The molecule has 5 heteroatoms. The average Bonchev–Trinajstić information content (AvgIpc) is 2.42. The number of hydrogen-bond acceptors (Lipinski definition) is 2. The lowest BCUT2D eigenvalue weighted by atomic mass is 9.93. The third-order valence-corrected chi connectivity index (χ3v) is 4.22. The summed E-state index contributed by atoms with van der Waals surface area (Å²) in [6, 6.07) is 4.87. The van der Waals surface area contributed by atoms with E-state index in [4.69, 9.17) is 16.7 Å². The number of hydrogen-bond donors (Lipinski definition) is 1. The number of carboxylic acid groups (broad SMARTS) is 1. The molecule has 1 aromatic carbocycles. The molecule has 110 valence electrons. The van der Waals surface area contributed by atoms with Crippen LogP contribution in [-0.4, -0.2) is 29.1 Å². The van der Waals surface area contributed by atoms with Crippen LogP contribution in [0.2, 0.25) is 5.02 Å². The molecule has 20 heavy (non-hydrogen) atoms. The van der Waals surface area contributed by atoms with Crippen LogP contribution in [0.4, 0.5) is 4.39 Å². The zero-order chi connectivity index (χ0) is 14.5. The van der Waals surface area contributed by atoms with Gasteiger partial charge in [0.1, 0.15) is 5.82 Å². The van der Waals surface area contributed by atoms with E-state index in [9.17, 15) is 9.18 Å². The van der Waals surface area contributed by atoms with Gasteiger partial charge in [0.2, 0.25) is 0 Å². The van der Waals surface area contributed by atoms with Crippen LogP contribution in [0.15, 0.2) is 18.2 Å². The zero-order valence-electron chi connectivity index (χ0n) is 11.3. The van der Waals surface area contributed by atoms with Gasteiger partial charge in [0.05, 0.1) is 5.02 Å². The molecule has 0 radical (unpaired) electrons. The summed E-state index contributed by atoms with van der Waals surface area (Å²) < 4.78 is 13.4. The maximum absolute atomic E-state index is 13.4. The second kappa shape index (κ2) is 7.04. The predicted octanol–water partition coefficient (Wildman–Crippen LogP) is 3.56. The first-order valence-corrected chi connectivity index (χ1v) is 7.31. The molecule has 0 saturated carbocycles. The molecule has 0 bridgehead atoms. The van der Waals surface area contributed by atoms with Gasteiger partial charge in [-0.15, -0.1) is 0 Å². The van der Waals surface area contributed by atoms with Crippen LogP contribution in [0.1, 0.15) is 31.2 Å². The largest absolute Gasteiger partial charge is 0.481 e. The van der Waals surface area contributed by atoms with Gasteiger partial charge in [0.15, 0.2) is 0 Å². The lowest BCUT2D eigenvalue weighted by Gasteiger charge is -2.32. The highest BCUT2D eigenvalue weighted by atomic mass is 35.5.